The van der Waals surface area contributed by atoms with Gasteiger partial charge in [0.05, 0.1) is 6.20 Å². The Morgan fingerprint density at radius 3 is 2.83 bits per heavy atom. The van der Waals surface area contributed by atoms with Crippen molar-refractivity contribution in [1.29, 1.82) is 0 Å². The van der Waals surface area contributed by atoms with Gasteiger partial charge >= 0.3 is 0 Å². The van der Waals surface area contributed by atoms with Crippen LogP contribution in [0.5, 0.6) is 0 Å². The van der Waals surface area contributed by atoms with Crippen LogP contribution in [0.4, 0.5) is 8.78 Å². The summed E-state index contributed by atoms with van der Waals surface area (Å²) >= 11 is 5.53. The van der Waals surface area contributed by atoms with Crippen molar-refractivity contribution in [2.45, 2.75) is 13.3 Å². The highest BCUT2D eigenvalue weighted by Crippen LogP contribution is 2.14. The van der Waals surface area contributed by atoms with Crippen LogP contribution >= 0.6 is 11.6 Å². The molecule has 0 spiro atoms. The maximum Gasteiger partial charge on any atom is 0.287 e. The fraction of sp³-hybridized carbons (Fsp3) is 0.267. The number of carbonyl (C=O) groups excluding carboxylic acids is 1. The summed E-state index contributed by atoms with van der Waals surface area (Å²) in [5.74, 6) is -2.07. The van der Waals surface area contributed by atoms with E-state index in [0.717, 1.165) is 12.3 Å². The Labute approximate surface area is 135 Å². The summed E-state index contributed by atoms with van der Waals surface area (Å²) in [4.78, 5) is 29.2. The van der Waals surface area contributed by atoms with Crippen LogP contribution in [0, 0.1) is 17.6 Å². The van der Waals surface area contributed by atoms with Gasteiger partial charge in [-0.15, -0.1) is 0 Å². The van der Waals surface area contributed by atoms with Crippen LogP contribution in [0.1, 0.15) is 23.1 Å². The molecule has 2 aromatic rings. The van der Waals surface area contributed by atoms with E-state index in [1.807, 2.05) is 0 Å². The van der Waals surface area contributed by atoms with Gasteiger partial charge in [-0.25, -0.2) is 13.8 Å². The minimum atomic E-state index is -0.634. The van der Waals surface area contributed by atoms with Gasteiger partial charge in [-0.3, -0.25) is 9.59 Å². The van der Waals surface area contributed by atoms with E-state index in [4.69, 9.17) is 11.6 Å². The van der Waals surface area contributed by atoms with Crippen LogP contribution in [-0.2, 0) is 6.42 Å². The Hall–Kier alpha value is -2.28. The van der Waals surface area contributed by atoms with Crippen molar-refractivity contribution in [2.75, 3.05) is 6.54 Å². The summed E-state index contributed by atoms with van der Waals surface area (Å²) in [7, 11) is 0. The van der Waals surface area contributed by atoms with Crippen molar-refractivity contribution in [2.24, 2.45) is 5.92 Å². The van der Waals surface area contributed by atoms with Gasteiger partial charge in [-0.2, -0.15) is 0 Å². The Morgan fingerprint density at radius 2 is 2.17 bits per heavy atom. The van der Waals surface area contributed by atoms with Crippen molar-refractivity contribution < 1.29 is 13.6 Å². The van der Waals surface area contributed by atoms with Crippen LogP contribution in [0.25, 0.3) is 0 Å². The van der Waals surface area contributed by atoms with E-state index in [2.05, 4.69) is 15.3 Å². The zero-order chi connectivity index (χ0) is 17.0. The zero-order valence-corrected chi connectivity index (χ0v) is 13.0. The molecule has 1 amide bonds. The normalized spacial score (nSPS) is 12.0. The summed E-state index contributed by atoms with van der Waals surface area (Å²) in [6.07, 6.45) is 1.42. The highest BCUT2D eigenvalue weighted by atomic mass is 35.5. The van der Waals surface area contributed by atoms with E-state index in [1.54, 1.807) is 6.92 Å². The van der Waals surface area contributed by atoms with Gasteiger partial charge in [-0.1, -0.05) is 24.6 Å². The molecule has 2 rings (SSSR count). The van der Waals surface area contributed by atoms with E-state index in [0.29, 0.717) is 12.0 Å². The number of aromatic nitrogens is 2. The molecule has 0 saturated heterocycles. The number of nitrogens with zero attached hydrogens (tertiary/aromatic N) is 1. The second-order valence-corrected chi connectivity index (χ2v) is 5.57. The molecule has 23 heavy (non-hydrogen) atoms. The summed E-state index contributed by atoms with van der Waals surface area (Å²) in [5, 5.41) is 2.48. The molecule has 0 radical (unpaired) electrons. The summed E-state index contributed by atoms with van der Waals surface area (Å²) in [5.41, 5.74) is -0.237. The lowest BCUT2D eigenvalue weighted by Gasteiger charge is -2.13. The first-order valence-corrected chi connectivity index (χ1v) is 7.21. The molecular formula is C15H14ClF2N3O2. The molecule has 0 aliphatic carbocycles. The number of benzene rings is 1. The molecule has 5 nitrogen and oxygen atoms in total. The van der Waals surface area contributed by atoms with E-state index in [9.17, 15) is 18.4 Å². The average Bonchev–Trinajstić information content (AvgIpc) is 2.50. The standard InChI is InChI=1S/C15H14ClF2N3O2/c1-8(4-9-2-3-10(17)5-12(9)18)6-20-15(23)13-19-7-11(16)14(22)21-13/h2-3,5,7-8H,4,6H2,1H3,(H,20,23)(H,19,21,22). The predicted molar refractivity (Wildman–Crippen MR) is 81.4 cm³/mol. The number of halogens is 3. The maximum absolute atomic E-state index is 13.6. The summed E-state index contributed by atoms with van der Waals surface area (Å²) in [6, 6.07) is 3.39. The van der Waals surface area contributed by atoms with Crippen LogP contribution in [0.15, 0.2) is 29.2 Å². The lowest BCUT2D eigenvalue weighted by Crippen LogP contribution is -2.31. The second kappa shape index (κ2) is 7.32. The lowest BCUT2D eigenvalue weighted by molar-refractivity contribution is 0.0937. The number of rotatable bonds is 5. The van der Waals surface area contributed by atoms with Gasteiger partial charge in [0.1, 0.15) is 16.7 Å². The smallest absolute Gasteiger partial charge is 0.287 e. The predicted octanol–water partition coefficient (Wildman–Crippen LogP) is 2.31. The first kappa shape index (κ1) is 17.1. The van der Waals surface area contributed by atoms with Gasteiger partial charge in [0.25, 0.3) is 11.5 Å². The third-order valence-electron chi connectivity index (χ3n) is 3.17. The van der Waals surface area contributed by atoms with E-state index < -0.39 is 23.1 Å². The number of hydrogen-bond acceptors (Lipinski definition) is 3. The molecule has 2 N–H and O–H groups in total. The Kier molecular flexibility index (Phi) is 5.44. The summed E-state index contributed by atoms with van der Waals surface area (Å²) < 4.78 is 26.4. The molecule has 1 heterocycles. The van der Waals surface area contributed by atoms with Crippen molar-refractivity contribution in [1.82, 2.24) is 15.3 Å². The lowest BCUT2D eigenvalue weighted by atomic mass is 10.0. The van der Waals surface area contributed by atoms with E-state index in [-0.39, 0.29) is 23.3 Å². The molecule has 122 valence electrons. The van der Waals surface area contributed by atoms with Gasteiger partial charge < -0.3 is 10.3 Å². The average molecular weight is 342 g/mol. The topological polar surface area (TPSA) is 74.8 Å². The molecule has 0 bridgehead atoms. The quantitative estimate of drug-likeness (QED) is 0.876. The number of H-pyrrole nitrogens is 1. The zero-order valence-electron chi connectivity index (χ0n) is 12.2. The van der Waals surface area contributed by atoms with Crippen molar-refractivity contribution in [3.8, 4) is 0 Å². The van der Waals surface area contributed by atoms with Crippen molar-refractivity contribution in [3.05, 3.63) is 62.8 Å². The van der Waals surface area contributed by atoms with Crippen LogP contribution in [-0.4, -0.2) is 22.4 Å². The number of amides is 1. The SMILES string of the molecule is CC(CNC(=O)c1ncc(Cl)c(=O)[nH]1)Cc1ccc(F)cc1F. The number of nitrogens with one attached hydrogen (secondary N) is 2. The largest absolute Gasteiger partial charge is 0.349 e. The first-order valence-electron chi connectivity index (χ1n) is 6.83. The van der Waals surface area contributed by atoms with Gasteiger partial charge in [0.2, 0.25) is 0 Å². The highest BCUT2D eigenvalue weighted by molar-refractivity contribution is 6.30. The molecule has 0 fully saturated rings. The monoisotopic (exact) mass is 341 g/mol. The van der Waals surface area contributed by atoms with Crippen molar-refractivity contribution >= 4 is 17.5 Å². The second-order valence-electron chi connectivity index (χ2n) is 5.16. The van der Waals surface area contributed by atoms with E-state index >= 15 is 0 Å². The fourth-order valence-electron chi connectivity index (χ4n) is 1.98. The van der Waals surface area contributed by atoms with Crippen LogP contribution in [0.3, 0.4) is 0 Å². The molecule has 1 aromatic carbocycles. The van der Waals surface area contributed by atoms with Crippen LogP contribution in [0.2, 0.25) is 5.02 Å². The van der Waals surface area contributed by atoms with E-state index in [1.165, 1.54) is 12.1 Å². The molecule has 8 heteroatoms. The maximum atomic E-state index is 13.6. The molecule has 0 aliphatic heterocycles. The van der Waals surface area contributed by atoms with Crippen LogP contribution < -0.4 is 10.9 Å². The Balaban J connectivity index is 1.93. The molecule has 1 unspecified atom stereocenters. The van der Waals surface area contributed by atoms with Gasteiger partial charge in [0.15, 0.2) is 5.82 Å². The van der Waals surface area contributed by atoms with Crippen molar-refractivity contribution in [3.63, 3.8) is 0 Å². The third-order valence-corrected chi connectivity index (χ3v) is 3.43. The molecule has 1 atom stereocenters. The molecule has 0 saturated carbocycles. The fourth-order valence-corrected chi connectivity index (χ4v) is 2.08. The Morgan fingerprint density at radius 1 is 1.43 bits per heavy atom. The Bertz CT molecular complexity index is 780. The molecule has 0 aliphatic rings. The van der Waals surface area contributed by atoms with Gasteiger partial charge in [-0.05, 0) is 24.0 Å². The number of aromatic amines is 1. The number of carbonyl (C=O) groups is 1. The minimum absolute atomic E-state index is 0.0991. The molecule has 1 aromatic heterocycles. The summed E-state index contributed by atoms with van der Waals surface area (Å²) in [6.45, 7) is 2.04. The van der Waals surface area contributed by atoms with Gasteiger partial charge in [0, 0.05) is 12.6 Å². The molecular weight excluding hydrogens is 328 g/mol. The third kappa shape index (κ3) is 4.59. The first-order chi connectivity index (χ1) is 10.9. The minimum Gasteiger partial charge on any atom is -0.349 e. The highest BCUT2D eigenvalue weighted by Gasteiger charge is 2.13. The number of hydrogen-bond donors (Lipinski definition) is 2.